The van der Waals surface area contributed by atoms with Gasteiger partial charge in [-0.2, -0.15) is 0 Å². The summed E-state index contributed by atoms with van der Waals surface area (Å²) in [6, 6.07) is 0. The Morgan fingerprint density at radius 1 is 1.25 bits per heavy atom. The molecule has 1 atom stereocenters. The molecule has 0 fully saturated rings. The zero-order chi connectivity index (χ0) is 9.23. The molecule has 0 aromatic carbocycles. The number of ether oxygens (including phenoxy) is 1. The fraction of sp³-hybridized carbons (Fsp3) is 0.909. The van der Waals surface area contributed by atoms with Crippen molar-refractivity contribution in [1.82, 2.24) is 0 Å². The minimum absolute atomic E-state index is 0.720. The Kier molecular flexibility index (Phi) is 9.02. The molecule has 1 radical (unpaired) electrons. The number of hydrogen-bond donors (Lipinski definition) is 0. The van der Waals surface area contributed by atoms with E-state index in [0.717, 1.165) is 12.5 Å². The van der Waals surface area contributed by atoms with Gasteiger partial charge in [-0.05, 0) is 19.3 Å². The highest BCUT2D eigenvalue weighted by atomic mass is 16.5. The second kappa shape index (κ2) is 9.05. The molecule has 0 aliphatic carbocycles. The van der Waals surface area contributed by atoms with Crippen molar-refractivity contribution in [3.8, 4) is 0 Å². The first kappa shape index (κ1) is 12.0. The Morgan fingerprint density at radius 3 is 2.58 bits per heavy atom. The van der Waals surface area contributed by atoms with E-state index in [0.29, 0.717) is 0 Å². The van der Waals surface area contributed by atoms with Crippen molar-refractivity contribution in [2.45, 2.75) is 52.9 Å². The van der Waals surface area contributed by atoms with Crippen LogP contribution < -0.4 is 0 Å². The predicted molar refractivity (Wildman–Crippen MR) is 53.8 cm³/mol. The molecule has 0 aromatic rings. The molecule has 1 heteroatoms. The molecule has 0 saturated carbocycles. The SMILES string of the molecule is C[CH]OCC(C)CCCCCC. The Bertz CT molecular complexity index is 81.1. The normalized spacial score (nSPS) is 13.2. The van der Waals surface area contributed by atoms with Gasteiger partial charge in [0.2, 0.25) is 0 Å². The van der Waals surface area contributed by atoms with Gasteiger partial charge in [0.25, 0.3) is 0 Å². The molecular formula is C11H23O. The van der Waals surface area contributed by atoms with E-state index in [-0.39, 0.29) is 0 Å². The van der Waals surface area contributed by atoms with E-state index < -0.39 is 0 Å². The van der Waals surface area contributed by atoms with Crippen LogP contribution in [0.5, 0.6) is 0 Å². The van der Waals surface area contributed by atoms with Gasteiger partial charge >= 0.3 is 0 Å². The zero-order valence-corrected chi connectivity index (χ0v) is 8.81. The topological polar surface area (TPSA) is 9.23 Å². The lowest BCUT2D eigenvalue weighted by molar-refractivity contribution is 0.159. The summed E-state index contributed by atoms with van der Waals surface area (Å²) in [7, 11) is 0. The summed E-state index contributed by atoms with van der Waals surface area (Å²) in [5, 5.41) is 0. The van der Waals surface area contributed by atoms with Gasteiger partial charge in [0.15, 0.2) is 0 Å². The average molecular weight is 171 g/mol. The summed E-state index contributed by atoms with van der Waals surface area (Å²) in [6.45, 7) is 9.11. The van der Waals surface area contributed by atoms with Crippen molar-refractivity contribution in [1.29, 1.82) is 0 Å². The van der Waals surface area contributed by atoms with Crippen molar-refractivity contribution in [3.63, 3.8) is 0 Å². The second-order valence-electron chi connectivity index (χ2n) is 3.52. The molecule has 0 bridgehead atoms. The molecule has 0 rings (SSSR count). The van der Waals surface area contributed by atoms with Crippen LogP contribution in [-0.2, 0) is 4.74 Å². The van der Waals surface area contributed by atoms with Crippen LogP contribution in [0.3, 0.4) is 0 Å². The minimum atomic E-state index is 0.720. The van der Waals surface area contributed by atoms with Crippen molar-refractivity contribution >= 4 is 0 Å². The third-order valence-electron chi connectivity index (χ3n) is 2.10. The standard InChI is InChI=1S/C11H23O/c1-4-6-7-8-9-11(3)10-12-5-2/h5,11H,4,6-10H2,1-3H3. The molecule has 0 amide bonds. The first-order valence-electron chi connectivity index (χ1n) is 5.20. The molecule has 0 saturated heterocycles. The van der Waals surface area contributed by atoms with Crippen LogP contribution in [0.25, 0.3) is 0 Å². The summed E-state index contributed by atoms with van der Waals surface area (Å²) >= 11 is 0. The van der Waals surface area contributed by atoms with Crippen LogP contribution in [0, 0.1) is 12.5 Å². The van der Waals surface area contributed by atoms with Gasteiger partial charge in [-0.3, -0.25) is 0 Å². The molecule has 73 valence electrons. The van der Waals surface area contributed by atoms with Crippen LogP contribution in [0.15, 0.2) is 0 Å². The van der Waals surface area contributed by atoms with Gasteiger partial charge in [0.1, 0.15) is 0 Å². The number of unbranched alkanes of at least 4 members (excludes halogenated alkanes) is 3. The van der Waals surface area contributed by atoms with Gasteiger partial charge in [0, 0.05) is 6.61 Å². The monoisotopic (exact) mass is 171 g/mol. The third-order valence-corrected chi connectivity index (χ3v) is 2.10. The van der Waals surface area contributed by atoms with E-state index in [4.69, 9.17) is 4.74 Å². The van der Waals surface area contributed by atoms with E-state index in [9.17, 15) is 0 Å². The molecule has 1 unspecified atom stereocenters. The maximum Gasteiger partial charge on any atom is 0.0806 e. The van der Waals surface area contributed by atoms with Crippen LogP contribution in [-0.4, -0.2) is 6.61 Å². The van der Waals surface area contributed by atoms with Crippen molar-refractivity contribution in [3.05, 3.63) is 6.61 Å². The second-order valence-corrected chi connectivity index (χ2v) is 3.52. The maximum atomic E-state index is 5.23. The highest BCUT2D eigenvalue weighted by Gasteiger charge is 2.00. The third kappa shape index (κ3) is 8.06. The Morgan fingerprint density at radius 2 is 2.00 bits per heavy atom. The summed E-state index contributed by atoms with van der Waals surface area (Å²) in [6.07, 6.45) is 6.77. The van der Waals surface area contributed by atoms with Gasteiger partial charge in [-0.25, -0.2) is 0 Å². The van der Waals surface area contributed by atoms with Gasteiger partial charge < -0.3 is 4.74 Å². The molecule has 0 spiro atoms. The first-order valence-corrected chi connectivity index (χ1v) is 5.20. The minimum Gasteiger partial charge on any atom is -0.376 e. The van der Waals surface area contributed by atoms with Gasteiger partial charge in [-0.1, -0.05) is 39.5 Å². The molecule has 0 heterocycles. The summed E-state index contributed by atoms with van der Waals surface area (Å²) in [4.78, 5) is 0. The van der Waals surface area contributed by atoms with E-state index in [1.54, 1.807) is 6.61 Å². The van der Waals surface area contributed by atoms with E-state index >= 15 is 0 Å². The Balaban J connectivity index is 3.02. The number of hydrogen-bond acceptors (Lipinski definition) is 1. The maximum absolute atomic E-state index is 5.23. The highest BCUT2D eigenvalue weighted by Crippen LogP contribution is 2.10. The quantitative estimate of drug-likeness (QED) is 0.505. The fourth-order valence-corrected chi connectivity index (χ4v) is 1.26. The van der Waals surface area contributed by atoms with Crippen molar-refractivity contribution in [2.24, 2.45) is 5.92 Å². The fourth-order valence-electron chi connectivity index (χ4n) is 1.26. The van der Waals surface area contributed by atoms with Crippen LogP contribution in [0.2, 0.25) is 0 Å². The lowest BCUT2D eigenvalue weighted by Gasteiger charge is -2.09. The average Bonchev–Trinajstić information content (AvgIpc) is 2.09. The Labute approximate surface area is 77.5 Å². The summed E-state index contributed by atoms with van der Waals surface area (Å²) in [5.74, 6) is 0.720. The first-order chi connectivity index (χ1) is 5.81. The van der Waals surface area contributed by atoms with E-state index in [1.165, 1.54) is 32.1 Å². The smallest absolute Gasteiger partial charge is 0.0806 e. The predicted octanol–water partition coefficient (Wildman–Crippen LogP) is 3.79. The zero-order valence-electron chi connectivity index (χ0n) is 8.81. The van der Waals surface area contributed by atoms with Crippen LogP contribution >= 0.6 is 0 Å². The van der Waals surface area contributed by atoms with Crippen molar-refractivity contribution in [2.75, 3.05) is 6.61 Å². The summed E-state index contributed by atoms with van der Waals surface area (Å²) < 4.78 is 5.23. The number of rotatable bonds is 8. The molecule has 0 N–H and O–H groups in total. The molecule has 0 aromatic heterocycles. The van der Waals surface area contributed by atoms with E-state index in [1.807, 2.05) is 6.92 Å². The van der Waals surface area contributed by atoms with Crippen molar-refractivity contribution < 1.29 is 4.74 Å². The van der Waals surface area contributed by atoms with E-state index in [2.05, 4.69) is 13.8 Å². The largest absolute Gasteiger partial charge is 0.376 e. The molecule has 1 nitrogen and oxygen atoms in total. The lowest BCUT2D eigenvalue weighted by Crippen LogP contribution is -2.03. The summed E-state index contributed by atoms with van der Waals surface area (Å²) in [5.41, 5.74) is 0. The Hall–Kier alpha value is -0.0400. The molecule has 0 aliphatic heterocycles. The molecule has 12 heavy (non-hydrogen) atoms. The van der Waals surface area contributed by atoms with Crippen LogP contribution in [0.1, 0.15) is 52.9 Å². The van der Waals surface area contributed by atoms with Gasteiger partial charge in [-0.15, -0.1) is 0 Å². The molecular weight excluding hydrogens is 148 g/mol. The highest BCUT2D eigenvalue weighted by molar-refractivity contribution is 4.53. The van der Waals surface area contributed by atoms with Gasteiger partial charge in [0.05, 0.1) is 6.61 Å². The molecule has 0 aliphatic rings. The van der Waals surface area contributed by atoms with Crippen LogP contribution in [0.4, 0.5) is 0 Å². The lowest BCUT2D eigenvalue weighted by atomic mass is 10.0.